The maximum absolute atomic E-state index is 6.03. The standard InChI is InChI=1S/C24H32O7/c1-25-18-10-14(11-19(26-2)23(18)30-6)16-8-9-17(22(16)29-5)15-12-20(27-3)24(31-7)21(13-15)28-4/h10-13,16-17,22H,8-9H2,1-7H3/t16-,17-/m0/s1. The van der Waals surface area contributed by atoms with Crippen LogP contribution in [0.5, 0.6) is 34.5 Å². The highest BCUT2D eigenvalue weighted by Crippen LogP contribution is 2.51. The first-order valence-electron chi connectivity index (χ1n) is 10.2. The molecule has 0 heterocycles. The Morgan fingerprint density at radius 3 is 1.06 bits per heavy atom. The molecule has 0 aliphatic heterocycles. The Balaban J connectivity index is 2.01. The number of benzene rings is 2. The zero-order valence-corrected chi connectivity index (χ0v) is 19.3. The van der Waals surface area contributed by atoms with E-state index in [2.05, 4.69) is 0 Å². The van der Waals surface area contributed by atoms with E-state index in [1.165, 1.54) is 0 Å². The van der Waals surface area contributed by atoms with Crippen LogP contribution in [0.1, 0.15) is 35.8 Å². The molecule has 1 aliphatic carbocycles. The Bertz CT molecular complexity index is 774. The van der Waals surface area contributed by atoms with Crippen molar-refractivity contribution in [2.45, 2.75) is 30.8 Å². The van der Waals surface area contributed by atoms with Crippen molar-refractivity contribution in [1.82, 2.24) is 0 Å². The Labute approximate surface area is 184 Å². The third-order valence-electron chi connectivity index (χ3n) is 6.08. The van der Waals surface area contributed by atoms with Crippen molar-refractivity contribution in [3.8, 4) is 34.5 Å². The highest BCUT2D eigenvalue weighted by molar-refractivity contribution is 5.56. The van der Waals surface area contributed by atoms with E-state index in [9.17, 15) is 0 Å². The van der Waals surface area contributed by atoms with Gasteiger partial charge in [-0.3, -0.25) is 0 Å². The molecular formula is C24H32O7. The summed E-state index contributed by atoms with van der Waals surface area (Å²) >= 11 is 0. The highest BCUT2D eigenvalue weighted by atomic mass is 16.5. The molecule has 0 bridgehead atoms. The summed E-state index contributed by atoms with van der Waals surface area (Å²) in [5, 5.41) is 0. The molecule has 7 heteroatoms. The summed E-state index contributed by atoms with van der Waals surface area (Å²) in [5.41, 5.74) is 2.19. The maximum Gasteiger partial charge on any atom is 0.203 e. The van der Waals surface area contributed by atoms with E-state index < -0.39 is 0 Å². The average Bonchev–Trinajstić information content (AvgIpc) is 3.25. The molecule has 2 atom stereocenters. The molecule has 31 heavy (non-hydrogen) atoms. The Hall–Kier alpha value is -2.80. The molecule has 0 radical (unpaired) electrons. The first-order valence-corrected chi connectivity index (χ1v) is 10.2. The molecule has 2 aromatic rings. The lowest BCUT2D eigenvalue weighted by Gasteiger charge is -2.26. The predicted molar refractivity (Wildman–Crippen MR) is 118 cm³/mol. The van der Waals surface area contributed by atoms with Gasteiger partial charge in [-0.15, -0.1) is 0 Å². The monoisotopic (exact) mass is 432 g/mol. The number of ether oxygens (including phenoxy) is 7. The van der Waals surface area contributed by atoms with Crippen LogP contribution in [0.15, 0.2) is 24.3 Å². The van der Waals surface area contributed by atoms with Gasteiger partial charge in [-0.25, -0.2) is 0 Å². The maximum atomic E-state index is 6.03. The lowest BCUT2D eigenvalue weighted by Crippen LogP contribution is -2.21. The van der Waals surface area contributed by atoms with E-state index in [1.807, 2.05) is 24.3 Å². The summed E-state index contributed by atoms with van der Waals surface area (Å²) in [7, 11) is 11.5. The van der Waals surface area contributed by atoms with Crippen LogP contribution in [0.3, 0.4) is 0 Å². The molecule has 1 fully saturated rings. The smallest absolute Gasteiger partial charge is 0.203 e. The van der Waals surface area contributed by atoms with Crippen molar-refractivity contribution in [2.75, 3.05) is 49.8 Å². The van der Waals surface area contributed by atoms with E-state index in [0.29, 0.717) is 34.5 Å². The summed E-state index contributed by atoms with van der Waals surface area (Å²) in [6, 6.07) is 8.04. The van der Waals surface area contributed by atoms with Gasteiger partial charge in [0.2, 0.25) is 11.5 Å². The van der Waals surface area contributed by atoms with Gasteiger partial charge in [-0.1, -0.05) is 0 Å². The quantitative estimate of drug-likeness (QED) is 0.581. The topological polar surface area (TPSA) is 64.6 Å². The lowest BCUT2D eigenvalue weighted by molar-refractivity contribution is 0.0804. The Kier molecular flexibility index (Phi) is 7.38. The molecule has 0 N–H and O–H groups in total. The van der Waals surface area contributed by atoms with Gasteiger partial charge in [0.15, 0.2) is 23.0 Å². The minimum Gasteiger partial charge on any atom is -0.493 e. The van der Waals surface area contributed by atoms with Crippen LogP contribution in [0.4, 0.5) is 0 Å². The van der Waals surface area contributed by atoms with Crippen molar-refractivity contribution in [1.29, 1.82) is 0 Å². The first kappa shape index (κ1) is 22.9. The molecule has 1 saturated carbocycles. The van der Waals surface area contributed by atoms with Crippen LogP contribution >= 0.6 is 0 Å². The summed E-state index contributed by atoms with van der Waals surface area (Å²) in [5.74, 6) is 4.08. The van der Waals surface area contributed by atoms with Crippen LogP contribution in [-0.2, 0) is 4.74 Å². The molecule has 3 rings (SSSR count). The third-order valence-corrected chi connectivity index (χ3v) is 6.08. The zero-order valence-electron chi connectivity index (χ0n) is 19.3. The van der Waals surface area contributed by atoms with Crippen LogP contribution in [-0.4, -0.2) is 55.9 Å². The van der Waals surface area contributed by atoms with Crippen LogP contribution in [0.25, 0.3) is 0 Å². The van der Waals surface area contributed by atoms with Gasteiger partial charge in [-0.2, -0.15) is 0 Å². The van der Waals surface area contributed by atoms with Gasteiger partial charge in [-0.05, 0) is 48.2 Å². The van der Waals surface area contributed by atoms with Crippen molar-refractivity contribution in [2.24, 2.45) is 0 Å². The predicted octanol–water partition coefficient (Wildman–Crippen LogP) is 4.41. The number of rotatable bonds is 9. The van der Waals surface area contributed by atoms with Crippen LogP contribution in [0.2, 0.25) is 0 Å². The second kappa shape index (κ2) is 10.0. The minimum atomic E-state index is -0.0365. The molecule has 170 valence electrons. The van der Waals surface area contributed by atoms with Crippen LogP contribution < -0.4 is 28.4 Å². The van der Waals surface area contributed by atoms with E-state index in [1.54, 1.807) is 49.8 Å². The largest absolute Gasteiger partial charge is 0.493 e. The molecular weight excluding hydrogens is 400 g/mol. The molecule has 0 aromatic heterocycles. The van der Waals surface area contributed by atoms with E-state index >= 15 is 0 Å². The molecule has 7 nitrogen and oxygen atoms in total. The SMILES string of the molecule is COc1cc([C@@H]2CC[C@@H](c3cc(OC)c(OC)c(OC)c3)C2OC)cc(OC)c1OC. The van der Waals surface area contributed by atoms with Gasteiger partial charge in [0, 0.05) is 18.9 Å². The summed E-state index contributed by atoms with van der Waals surface area (Å²) in [6.45, 7) is 0. The van der Waals surface area contributed by atoms with Gasteiger partial charge >= 0.3 is 0 Å². The molecule has 2 aromatic carbocycles. The lowest BCUT2D eigenvalue weighted by atomic mass is 9.89. The summed E-state index contributed by atoms with van der Waals surface area (Å²) in [4.78, 5) is 0. The number of hydrogen-bond donors (Lipinski definition) is 0. The van der Waals surface area contributed by atoms with Gasteiger partial charge < -0.3 is 33.2 Å². The minimum absolute atomic E-state index is 0.0365. The summed E-state index contributed by atoms with van der Waals surface area (Å²) < 4.78 is 39.2. The van der Waals surface area contributed by atoms with E-state index in [4.69, 9.17) is 33.2 Å². The van der Waals surface area contributed by atoms with Crippen molar-refractivity contribution in [3.05, 3.63) is 35.4 Å². The first-order chi connectivity index (χ1) is 15.1. The fourth-order valence-corrected chi connectivity index (χ4v) is 4.64. The Morgan fingerprint density at radius 1 is 0.516 bits per heavy atom. The number of hydrogen-bond acceptors (Lipinski definition) is 7. The van der Waals surface area contributed by atoms with Crippen LogP contribution in [0, 0.1) is 0 Å². The van der Waals surface area contributed by atoms with Crippen molar-refractivity contribution < 1.29 is 33.2 Å². The molecule has 0 saturated heterocycles. The molecule has 0 unspecified atom stereocenters. The number of methoxy groups -OCH3 is 7. The summed E-state index contributed by atoms with van der Waals surface area (Å²) in [6.07, 6.45) is 1.88. The van der Waals surface area contributed by atoms with E-state index in [0.717, 1.165) is 24.0 Å². The normalized spacial score (nSPS) is 18.5. The van der Waals surface area contributed by atoms with Gasteiger partial charge in [0.25, 0.3) is 0 Å². The van der Waals surface area contributed by atoms with Gasteiger partial charge in [0.1, 0.15) is 0 Å². The zero-order chi connectivity index (χ0) is 22.5. The van der Waals surface area contributed by atoms with Crippen molar-refractivity contribution >= 4 is 0 Å². The van der Waals surface area contributed by atoms with Crippen molar-refractivity contribution in [3.63, 3.8) is 0 Å². The molecule has 0 spiro atoms. The van der Waals surface area contributed by atoms with Gasteiger partial charge in [0.05, 0.1) is 48.8 Å². The fourth-order valence-electron chi connectivity index (χ4n) is 4.64. The van der Waals surface area contributed by atoms with E-state index in [-0.39, 0.29) is 17.9 Å². The highest BCUT2D eigenvalue weighted by Gasteiger charge is 2.39. The molecule has 0 amide bonds. The Morgan fingerprint density at radius 2 is 0.839 bits per heavy atom. The second-order valence-electron chi connectivity index (χ2n) is 7.41. The second-order valence-corrected chi connectivity index (χ2v) is 7.41. The third kappa shape index (κ3) is 4.19. The fraction of sp³-hybridized carbons (Fsp3) is 0.500. The average molecular weight is 433 g/mol. The molecule has 1 aliphatic rings.